The van der Waals surface area contributed by atoms with E-state index in [4.69, 9.17) is 5.73 Å². The first-order valence-corrected chi connectivity index (χ1v) is 6.48. The van der Waals surface area contributed by atoms with Gasteiger partial charge in [-0.1, -0.05) is 25.8 Å². The highest BCUT2D eigenvalue weighted by Gasteiger charge is 2.21. The molecule has 0 unspecified atom stereocenters. The van der Waals surface area contributed by atoms with Crippen molar-refractivity contribution in [2.75, 3.05) is 12.3 Å². The summed E-state index contributed by atoms with van der Waals surface area (Å²) in [6.45, 7) is 4.05. The lowest BCUT2D eigenvalue weighted by Crippen LogP contribution is -2.32. The van der Waals surface area contributed by atoms with Crippen LogP contribution < -0.4 is 5.73 Å². The second-order valence-electron chi connectivity index (χ2n) is 4.84. The number of nitrogen functional groups attached to an aromatic ring is 1. The molecule has 1 saturated carbocycles. The van der Waals surface area contributed by atoms with Gasteiger partial charge in [-0.25, -0.2) is 4.39 Å². The van der Waals surface area contributed by atoms with Crippen LogP contribution in [0.3, 0.4) is 0 Å². The molecule has 0 bridgehead atoms. The first kappa shape index (κ1) is 12.4. The molecule has 0 aromatic heterocycles. The summed E-state index contributed by atoms with van der Waals surface area (Å²) in [4.78, 5) is 2.45. The summed E-state index contributed by atoms with van der Waals surface area (Å²) in [5.41, 5.74) is 7.47. The number of rotatable bonds is 4. The summed E-state index contributed by atoms with van der Waals surface area (Å²) in [7, 11) is 0. The molecule has 0 amide bonds. The average Bonchev–Trinajstić information content (AvgIpc) is 2.81. The van der Waals surface area contributed by atoms with Gasteiger partial charge in [0.15, 0.2) is 0 Å². The van der Waals surface area contributed by atoms with Crippen molar-refractivity contribution in [2.45, 2.75) is 45.2 Å². The Morgan fingerprint density at radius 2 is 2.06 bits per heavy atom. The molecular formula is C14H21FN2. The summed E-state index contributed by atoms with van der Waals surface area (Å²) < 4.78 is 13.0. The van der Waals surface area contributed by atoms with Crippen LogP contribution in [0.25, 0.3) is 0 Å². The van der Waals surface area contributed by atoms with Crippen LogP contribution in [0.15, 0.2) is 18.2 Å². The monoisotopic (exact) mass is 236 g/mol. The van der Waals surface area contributed by atoms with E-state index < -0.39 is 0 Å². The normalized spacial score (nSPS) is 16.9. The molecule has 0 spiro atoms. The molecule has 1 aromatic carbocycles. The fourth-order valence-corrected chi connectivity index (χ4v) is 2.70. The number of nitrogens with zero attached hydrogens (tertiary/aromatic N) is 1. The van der Waals surface area contributed by atoms with E-state index >= 15 is 0 Å². The fraction of sp³-hybridized carbons (Fsp3) is 0.571. The zero-order valence-corrected chi connectivity index (χ0v) is 10.5. The largest absolute Gasteiger partial charge is 0.398 e. The van der Waals surface area contributed by atoms with Crippen molar-refractivity contribution in [3.63, 3.8) is 0 Å². The minimum Gasteiger partial charge on any atom is -0.398 e. The standard InChI is InChI=1S/C14H21FN2/c1-2-17(13-5-3-4-6-13)10-11-7-8-12(15)9-14(11)16/h7-9,13H,2-6,10,16H2,1H3. The van der Waals surface area contributed by atoms with Gasteiger partial charge in [0.25, 0.3) is 0 Å². The summed E-state index contributed by atoms with van der Waals surface area (Å²) in [5, 5.41) is 0. The highest BCUT2D eigenvalue weighted by Crippen LogP contribution is 2.26. The van der Waals surface area contributed by atoms with E-state index in [-0.39, 0.29) is 5.82 Å². The van der Waals surface area contributed by atoms with Gasteiger partial charge in [0, 0.05) is 18.3 Å². The van der Waals surface area contributed by atoms with E-state index in [9.17, 15) is 4.39 Å². The minimum absolute atomic E-state index is 0.254. The smallest absolute Gasteiger partial charge is 0.125 e. The van der Waals surface area contributed by atoms with Gasteiger partial charge in [-0.3, -0.25) is 4.90 Å². The minimum atomic E-state index is -0.254. The van der Waals surface area contributed by atoms with Crippen molar-refractivity contribution in [2.24, 2.45) is 0 Å². The maximum atomic E-state index is 13.0. The third-order valence-corrected chi connectivity index (χ3v) is 3.73. The maximum absolute atomic E-state index is 13.0. The molecule has 2 nitrogen and oxygen atoms in total. The van der Waals surface area contributed by atoms with Crippen molar-refractivity contribution >= 4 is 5.69 Å². The van der Waals surface area contributed by atoms with Crippen LogP contribution >= 0.6 is 0 Å². The van der Waals surface area contributed by atoms with Gasteiger partial charge in [-0.15, -0.1) is 0 Å². The van der Waals surface area contributed by atoms with Gasteiger partial charge < -0.3 is 5.73 Å². The van der Waals surface area contributed by atoms with Crippen LogP contribution in [0.1, 0.15) is 38.2 Å². The second kappa shape index (κ2) is 5.50. The molecule has 17 heavy (non-hydrogen) atoms. The molecule has 94 valence electrons. The Morgan fingerprint density at radius 3 is 2.65 bits per heavy atom. The van der Waals surface area contributed by atoms with Crippen molar-refractivity contribution in [3.05, 3.63) is 29.6 Å². The molecule has 0 heterocycles. The van der Waals surface area contributed by atoms with Gasteiger partial charge in [0.1, 0.15) is 5.82 Å². The Morgan fingerprint density at radius 1 is 1.35 bits per heavy atom. The third-order valence-electron chi connectivity index (χ3n) is 3.73. The molecule has 3 heteroatoms. The zero-order valence-electron chi connectivity index (χ0n) is 10.5. The summed E-state index contributed by atoms with van der Waals surface area (Å²) in [5.74, 6) is -0.254. The van der Waals surface area contributed by atoms with Crippen LogP contribution in [0.2, 0.25) is 0 Å². The summed E-state index contributed by atoms with van der Waals surface area (Å²) in [6.07, 6.45) is 5.24. The van der Waals surface area contributed by atoms with Gasteiger partial charge in [0.05, 0.1) is 0 Å². The lowest BCUT2D eigenvalue weighted by atomic mass is 10.1. The summed E-state index contributed by atoms with van der Waals surface area (Å²) >= 11 is 0. The van der Waals surface area contributed by atoms with Crippen molar-refractivity contribution < 1.29 is 4.39 Å². The molecule has 1 aliphatic carbocycles. The highest BCUT2D eigenvalue weighted by atomic mass is 19.1. The lowest BCUT2D eigenvalue weighted by molar-refractivity contribution is 0.200. The molecule has 0 atom stereocenters. The number of hydrogen-bond acceptors (Lipinski definition) is 2. The molecule has 0 aliphatic heterocycles. The van der Waals surface area contributed by atoms with E-state index in [1.54, 1.807) is 0 Å². The van der Waals surface area contributed by atoms with Crippen LogP contribution in [0.5, 0.6) is 0 Å². The number of anilines is 1. The van der Waals surface area contributed by atoms with E-state index in [1.165, 1.54) is 37.8 Å². The predicted octanol–water partition coefficient (Wildman–Crippen LogP) is 3.17. The Hall–Kier alpha value is -1.09. The zero-order chi connectivity index (χ0) is 12.3. The van der Waals surface area contributed by atoms with Gasteiger partial charge in [-0.05, 0) is 37.1 Å². The topological polar surface area (TPSA) is 29.3 Å². The van der Waals surface area contributed by atoms with E-state index in [1.807, 2.05) is 6.07 Å². The number of hydrogen-bond donors (Lipinski definition) is 1. The van der Waals surface area contributed by atoms with Crippen molar-refractivity contribution in [1.82, 2.24) is 4.90 Å². The first-order valence-electron chi connectivity index (χ1n) is 6.48. The highest BCUT2D eigenvalue weighted by molar-refractivity contribution is 5.46. The lowest BCUT2D eigenvalue weighted by Gasteiger charge is -2.27. The molecule has 0 radical (unpaired) electrons. The van der Waals surface area contributed by atoms with Gasteiger partial charge >= 0.3 is 0 Å². The maximum Gasteiger partial charge on any atom is 0.125 e. The Balaban J connectivity index is 2.06. The molecule has 1 aromatic rings. The molecule has 2 N–H and O–H groups in total. The van der Waals surface area contributed by atoms with Crippen LogP contribution in [-0.2, 0) is 6.54 Å². The summed E-state index contributed by atoms with van der Waals surface area (Å²) in [6, 6.07) is 5.40. The predicted molar refractivity (Wildman–Crippen MR) is 69.2 cm³/mol. The first-order chi connectivity index (χ1) is 8.20. The Bertz CT molecular complexity index is 372. The van der Waals surface area contributed by atoms with Gasteiger partial charge in [-0.2, -0.15) is 0 Å². The number of halogens is 1. The SMILES string of the molecule is CCN(Cc1ccc(F)cc1N)C1CCCC1. The molecule has 0 saturated heterocycles. The average molecular weight is 236 g/mol. The Labute approximate surface area is 103 Å². The van der Waals surface area contributed by atoms with Crippen molar-refractivity contribution in [3.8, 4) is 0 Å². The quantitative estimate of drug-likeness (QED) is 0.814. The third kappa shape index (κ3) is 2.97. The van der Waals surface area contributed by atoms with Crippen molar-refractivity contribution in [1.29, 1.82) is 0 Å². The molecule has 1 aliphatic rings. The van der Waals surface area contributed by atoms with Crippen LogP contribution in [-0.4, -0.2) is 17.5 Å². The Kier molecular flexibility index (Phi) is 4.00. The number of nitrogens with two attached hydrogens (primary N) is 1. The van der Waals surface area contributed by atoms with E-state index in [0.29, 0.717) is 11.7 Å². The van der Waals surface area contributed by atoms with Gasteiger partial charge in [0.2, 0.25) is 0 Å². The van der Waals surface area contributed by atoms with Crippen LogP contribution in [0.4, 0.5) is 10.1 Å². The van der Waals surface area contributed by atoms with E-state index in [2.05, 4.69) is 11.8 Å². The molecule has 1 fully saturated rings. The fourth-order valence-electron chi connectivity index (χ4n) is 2.70. The molecular weight excluding hydrogens is 215 g/mol. The van der Waals surface area contributed by atoms with E-state index in [0.717, 1.165) is 18.7 Å². The number of benzene rings is 1. The molecule has 2 rings (SSSR count). The van der Waals surface area contributed by atoms with Crippen LogP contribution in [0, 0.1) is 5.82 Å². The second-order valence-corrected chi connectivity index (χ2v) is 4.84.